The van der Waals surface area contributed by atoms with Gasteiger partial charge in [0.15, 0.2) is 0 Å². The van der Waals surface area contributed by atoms with Gasteiger partial charge >= 0.3 is 6.03 Å². The number of halogens is 2. The summed E-state index contributed by atoms with van der Waals surface area (Å²) in [4.78, 5) is 23.2. The molecular formula is C16H21F2N3O2. The van der Waals surface area contributed by atoms with Crippen LogP contribution in [0.1, 0.15) is 44.6 Å². The van der Waals surface area contributed by atoms with Crippen LogP contribution >= 0.6 is 0 Å². The fourth-order valence-corrected chi connectivity index (χ4v) is 3.12. The van der Waals surface area contributed by atoms with Gasteiger partial charge in [-0.15, -0.1) is 0 Å². The maximum Gasteiger partial charge on any atom is 0.312 e. The first-order chi connectivity index (χ1) is 10.8. The van der Waals surface area contributed by atoms with Gasteiger partial charge in [0.05, 0.1) is 5.54 Å². The highest BCUT2D eigenvalue weighted by atomic mass is 19.1. The number of rotatable bonds is 4. The number of carbonyl (C=O) groups is 2. The minimum Gasteiger partial charge on any atom is -0.352 e. The van der Waals surface area contributed by atoms with Crippen LogP contribution in [0.4, 0.5) is 13.6 Å². The Morgan fingerprint density at radius 2 is 1.87 bits per heavy atom. The fraction of sp³-hybridized carbons (Fsp3) is 0.500. The highest BCUT2D eigenvalue weighted by molar-refractivity contribution is 5.86. The average molecular weight is 325 g/mol. The van der Waals surface area contributed by atoms with Crippen LogP contribution in [0, 0.1) is 11.6 Å². The van der Waals surface area contributed by atoms with Crippen molar-refractivity contribution < 1.29 is 18.4 Å². The summed E-state index contributed by atoms with van der Waals surface area (Å²) in [6.07, 6.45) is 3.77. The molecule has 2 rings (SSSR count). The maximum absolute atomic E-state index is 14.3. The molecule has 0 heterocycles. The highest BCUT2D eigenvalue weighted by Gasteiger charge is 2.38. The summed E-state index contributed by atoms with van der Waals surface area (Å²) in [6.45, 7) is 1.50. The van der Waals surface area contributed by atoms with Crippen LogP contribution in [0.3, 0.4) is 0 Å². The summed E-state index contributed by atoms with van der Waals surface area (Å²) < 4.78 is 27.4. The van der Waals surface area contributed by atoms with Crippen LogP contribution in [0.25, 0.3) is 0 Å². The number of nitrogens with two attached hydrogens (primary N) is 1. The van der Waals surface area contributed by atoms with Crippen molar-refractivity contribution in [2.75, 3.05) is 0 Å². The quantitative estimate of drug-likeness (QED) is 0.793. The monoisotopic (exact) mass is 325 g/mol. The van der Waals surface area contributed by atoms with Gasteiger partial charge in [-0.3, -0.25) is 4.79 Å². The number of hydrogen-bond acceptors (Lipinski definition) is 2. The Balaban J connectivity index is 2.29. The second-order valence-corrected chi connectivity index (χ2v) is 5.99. The van der Waals surface area contributed by atoms with Crippen molar-refractivity contribution in [3.8, 4) is 0 Å². The molecule has 5 nitrogen and oxygen atoms in total. The topological polar surface area (TPSA) is 84.2 Å². The van der Waals surface area contributed by atoms with Crippen LogP contribution < -0.4 is 16.4 Å². The van der Waals surface area contributed by atoms with Crippen LogP contribution in [0.2, 0.25) is 0 Å². The zero-order chi connectivity index (χ0) is 17.0. The molecule has 1 saturated carbocycles. The van der Waals surface area contributed by atoms with E-state index in [-0.39, 0.29) is 5.56 Å². The van der Waals surface area contributed by atoms with Crippen molar-refractivity contribution in [1.29, 1.82) is 0 Å². The molecule has 7 heteroatoms. The maximum atomic E-state index is 14.3. The number of carbonyl (C=O) groups excluding carboxylic acids is 2. The summed E-state index contributed by atoms with van der Waals surface area (Å²) in [6, 6.07) is 1.74. The van der Waals surface area contributed by atoms with Gasteiger partial charge in [-0.05, 0) is 25.8 Å². The van der Waals surface area contributed by atoms with Gasteiger partial charge in [-0.2, -0.15) is 0 Å². The molecule has 0 spiro atoms. The zero-order valence-corrected chi connectivity index (χ0v) is 13.0. The normalized spacial score (nSPS) is 18.0. The van der Waals surface area contributed by atoms with E-state index in [0.29, 0.717) is 12.8 Å². The van der Waals surface area contributed by atoms with E-state index in [0.717, 1.165) is 25.3 Å². The summed E-state index contributed by atoms with van der Waals surface area (Å²) in [7, 11) is 0. The van der Waals surface area contributed by atoms with Crippen LogP contribution in [-0.4, -0.2) is 18.0 Å². The first kappa shape index (κ1) is 17.2. The number of amides is 3. The molecule has 1 aliphatic carbocycles. The number of urea groups is 1. The van der Waals surface area contributed by atoms with Gasteiger partial charge in [-0.1, -0.05) is 25.3 Å². The van der Waals surface area contributed by atoms with Gasteiger partial charge in [0.2, 0.25) is 5.91 Å². The van der Waals surface area contributed by atoms with E-state index in [9.17, 15) is 18.4 Å². The van der Waals surface area contributed by atoms with E-state index >= 15 is 0 Å². The fourth-order valence-electron chi connectivity index (χ4n) is 3.12. The second kappa shape index (κ2) is 6.93. The first-order valence-corrected chi connectivity index (χ1v) is 7.67. The van der Waals surface area contributed by atoms with E-state index in [1.165, 1.54) is 19.1 Å². The lowest BCUT2D eigenvalue weighted by Crippen LogP contribution is -2.54. The molecule has 1 aromatic carbocycles. The lowest BCUT2D eigenvalue weighted by Gasteiger charge is -2.39. The number of hydrogen-bond donors (Lipinski definition) is 3. The molecule has 0 unspecified atom stereocenters. The Kier molecular flexibility index (Phi) is 5.18. The minimum atomic E-state index is -0.888. The molecular weight excluding hydrogens is 304 g/mol. The second-order valence-electron chi connectivity index (χ2n) is 5.99. The average Bonchev–Trinajstić information content (AvgIpc) is 2.47. The first-order valence-electron chi connectivity index (χ1n) is 7.67. The molecule has 1 fully saturated rings. The van der Waals surface area contributed by atoms with Gasteiger partial charge in [-0.25, -0.2) is 13.6 Å². The van der Waals surface area contributed by atoms with Gasteiger partial charge < -0.3 is 16.4 Å². The molecule has 4 N–H and O–H groups in total. The molecule has 1 aromatic rings. The lowest BCUT2D eigenvalue weighted by molar-refractivity contribution is -0.125. The number of nitrogens with one attached hydrogen (secondary N) is 2. The van der Waals surface area contributed by atoms with Crippen LogP contribution in [0.15, 0.2) is 18.2 Å². The van der Waals surface area contributed by atoms with Gasteiger partial charge in [0, 0.05) is 11.6 Å². The van der Waals surface area contributed by atoms with Crippen LogP contribution in [-0.2, 0) is 10.3 Å². The highest BCUT2D eigenvalue weighted by Crippen LogP contribution is 2.38. The van der Waals surface area contributed by atoms with E-state index in [2.05, 4.69) is 10.6 Å². The third kappa shape index (κ3) is 3.97. The van der Waals surface area contributed by atoms with Crippen molar-refractivity contribution in [2.45, 2.75) is 50.6 Å². The standard InChI is InChI=1S/C16H21F2N3O2/c1-10(20-15(19)23)14(22)21-16(7-3-2-4-8-16)12-6-5-11(17)9-13(12)18/h5-6,9-10H,2-4,7-8H2,1H3,(H,21,22)(H3,19,20,23)/t10-/m1/s1. The van der Waals surface area contributed by atoms with Crippen molar-refractivity contribution in [3.63, 3.8) is 0 Å². The Labute approximate surface area is 133 Å². The Bertz CT molecular complexity index is 601. The predicted molar refractivity (Wildman–Crippen MR) is 81.4 cm³/mol. The van der Waals surface area contributed by atoms with E-state index in [1.54, 1.807) is 0 Å². The number of benzene rings is 1. The van der Waals surface area contributed by atoms with Crippen molar-refractivity contribution in [1.82, 2.24) is 10.6 Å². The third-order valence-electron chi connectivity index (χ3n) is 4.27. The summed E-state index contributed by atoms with van der Waals surface area (Å²) in [5.41, 5.74) is 4.41. The molecule has 1 aliphatic rings. The third-order valence-corrected chi connectivity index (χ3v) is 4.27. The largest absolute Gasteiger partial charge is 0.352 e. The summed E-state index contributed by atoms with van der Waals surface area (Å²) in [5, 5.41) is 5.14. The molecule has 126 valence electrons. The van der Waals surface area contributed by atoms with E-state index in [1.807, 2.05) is 0 Å². The number of primary amides is 1. The van der Waals surface area contributed by atoms with Crippen molar-refractivity contribution in [2.24, 2.45) is 5.73 Å². The van der Waals surface area contributed by atoms with Gasteiger partial charge in [0.1, 0.15) is 17.7 Å². The molecule has 0 aliphatic heterocycles. The zero-order valence-electron chi connectivity index (χ0n) is 13.0. The predicted octanol–water partition coefficient (Wildman–Crippen LogP) is 2.30. The SMILES string of the molecule is C[C@@H](NC(N)=O)C(=O)NC1(c2ccc(F)cc2F)CCCCC1. The Morgan fingerprint density at radius 3 is 2.43 bits per heavy atom. The summed E-state index contributed by atoms with van der Waals surface area (Å²) >= 11 is 0. The molecule has 0 aromatic heterocycles. The molecule has 0 bridgehead atoms. The summed E-state index contributed by atoms with van der Waals surface area (Å²) in [5.74, 6) is -1.79. The molecule has 3 amide bonds. The van der Waals surface area contributed by atoms with E-state index in [4.69, 9.17) is 5.73 Å². The van der Waals surface area contributed by atoms with Crippen molar-refractivity contribution in [3.05, 3.63) is 35.4 Å². The molecule has 0 saturated heterocycles. The van der Waals surface area contributed by atoms with E-state index < -0.39 is 35.2 Å². The lowest BCUT2D eigenvalue weighted by atomic mass is 9.76. The van der Waals surface area contributed by atoms with Gasteiger partial charge in [0.25, 0.3) is 0 Å². The smallest absolute Gasteiger partial charge is 0.312 e. The Morgan fingerprint density at radius 1 is 1.22 bits per heavy atom. The minimum absolute atomic E-state index is 0.276. The molecule has 0 radical (unpaired) electrons. The van der Waals surface area contributed by atoms with Crippen molar-refractivity contribution >= 4 is 11.9 Å². The molecule has 23 heavy (non-hydrogen) atoms. The van der Waals surface area contributed by atoms with Crippen LogP contribution in [0.5, 0.6) is 0 Å². The Hall–Kier alpha value is -2.18. The molecule has 1 atom stereocenters.